The molecule has 1 nitrogen and oxygen atoms in total. The molecule has 1 heteroatoms. The summed E-state index contributed by atoms with van der Waals surface area (Å²) in [5, 5.41) is 3.41. The van der Waals surface area contributed by atoms with E-state index in [1.807, 2.05) is 0 Å². The quantitative estimate of drug-likeness (QED) is 0.809. The van der Waals surface area contributed by atoms with Crippen molar-refractivity contribution in [2.75, 3.05) is 5.32 Å². The van der Waals surface area contributed by atoms with E-state index in [4.69, 9.17) is 0 Å². The van der Waals surface area contributed by atoms with Crippen molar-refractivity contribution >= 4 is 11.4 Å². The molecule has 0 saturated heterocycles. The lowest BCUT2D eigenvalue weighted by Gasteiger charge is -2.15. The van der Waals surface area contributed by atoms with Crippen molar-refractivity contribution in [3.8, 4) is 0 Å². The molecule has 0 spiro atoms. The van der Waals surface area contributed by atoms with E-state index < -0.39 is 0 Å². The molecular formula is C18H21N. The van der Waals surface area contributed by atoms with Crippen LogP contribution in [-0.2, 0) is 0 Å². The number of hydrogen-bond donors (Lipinski definition) is 1. The predicted molar refractivity (Wildman–Crippen MR) is 84.5 cm³/mol. The van der Waals surface area contributed by atoms with Gasteiger partial charge in [-0.3, -0.25) is 0 Å². The minimum Gasteiger partial charge on any atom is -0.355 e. The molecule has 0 unspecified atom stereocenters. The summed E-state index contributed by atoms with van der Waals surface area (Å²) in [7, 11) is 0. The lowest BCUT2D eigenvalue weighted by molar-refractivity contribution is 1.32. The van der Waals surface area contributed by atoms with Crippen molar-refractivity contribution in [3.05, 3.63) is 70.8 Å². The highest BCUT2D eigenvalue weighted by Gasteiger charge is 2.06. The van der Waals surface area contributed by atoms with Gasteiger partial charge >= 0.3 is 0 Å². The molecule has 0 aliphatic heterocycles. The fourth-order valence-electron chi connectivity index (χ4n) is 2.35. The second-order valence-corrected chi connectivity index (χ2v) is 5.17. The second-order valence-electron chi connectivity index (χ2n) is 5.17. The SMILES string of the molecule is C=C(Nc1ccc(C)c(C)c1)c1c(C)cccc1C. The minimum atomic E-state index is 0.957. The molecule has 0 fully saturated rings. The maximum atomic E-state index is 4.18. The van der Waals surface area contributed by atoms with Crippen LogP contribution < -0.4 is 5.32 Å². The van der Waals surface area contributed by atoms with E-state index in [9.17, 15) is 0 Å². The number of nitrogens with one attached hydrogen (secondary N) is 1. The molecule has 0 amide bonds. The fraction of sp³-hybridized carbons (Fsp3) is 0.222. The maximum Gasteiger partial charge on any atom is 0.0390 e. The zero-order chi connectivity index (χ0) is 14.0. The molecule has 1 N–H and O–H groups in total. The molecule has 2 rings (SSSR count). The molecule has 2 aromatic rings. The molecule has 0 radical (unpaired) electrons. The van der Waals surface area contributed by atoms with Crippen LogP contribution in [0.3, 0.4) is 0 Å². The first-order valence-corrected chi connectivity index (χ1v) is 6.59. The molecule has 19 heavy (non-hydrogen) atoms. The summed E-state index contributed by atoms with van der Waals surface area (Å²) in [6.45, 7) is 12.7. The van der Waals surface area contributed by atoms with E-state index >= 15 is 0 Å². The number of aryl methyl sites for hydroxylation is 4. The van der Waals surface area contributed by atoms with Crippen molar-refractivity contribution in [3.63, 3.8) is 0 Å². The predicted octanol–water partition coefficient (Wildman–Crippen LogP) is 5.00. The van der Waals surface area contributed by atoms with E-state index in [1.165, 1.54) is 27.8 Å². The molecular weight excluding hydrogens is 230 g/mol. The molecule has 0 heterocycles. The Kier molecular flexibility index (Phi) is 3.75. The summed E-state index contributed by atoms with van der Waals surface area (Å²) in [6, 6.07) is 12.7. The third-order valence-corrected chi connectivity index (χ3v) is 3.59. The zero-order valence-corrected chi connectivity index (χ0v) is 12.2. The van der Waals surface area contributed by atoms with Crippen LogP contribution in [0.5, 0.6) is 0 Å². The van der Waals surface area contributed by atoms with Gasteiger partial charge in [0.05, 0.1) is 0 Å². The zero-order valence-electron chi connectivity index (χ0n) is 12.2. The third-order valence-electron chi connectivity index (χ3n) is 3.59. The average molecular weight is 251 g/mol. The smallest absolute Gasteiger partial charge is 0.0390 e. The van der Waals surface area contributed by atoms with Gasteiger partial charge in [0.2, 0.25) is 0 Å². The van der Waals surface area contributed by atoms with E-state index in [1.54, 1.807) is 0 Å². The number of anilines is 1. The summed E-state index contributed by atoms with van der Waals surface area (Å²) in [6.07, 6.45) is 0. The van der Waals surface area contributed by atoms with Gasteiger partial charge in [-0.15, -0.1) is 0 Å². The lowest BCUT2D eigenvalue weighted by atomic mass is 10.0. The first-order valence-electron chi connectivity index (χ1n) is 6.59. The fourth-order valence-corrected chi connectivity index (χ4v) is 2.35. The Morgan fingerprint density at radius 1 is 0.842 bits per heavy atom. The van der Waals surface area contributed by atoms with Crippen LogP contribution in [0.2, 0.25) is 0 Å². The molecule has 0 aliphatic rings. The van der Waals surface area contributed by atoms with Crippen LogP contribution >= 0.6 is 0 Å². The number of hydrogen-bond acceptors (Lipinski definition) is 1. The average Bonchev–Trinajstić information content (AvgIpc) is 2.33. The van der Waals surface area contributed by atoms with Crippen LogP contribution in [0.25, 0.3) is 5.70 Å². The second kappa shape index (κ2) is 5.31. The molecule has 0 aromatic heterocycles. The highest BCUT2D eigenvalue weighted by Crippen LogP contribution is 2.24. The maximum absolute atomic E-state index is 4.18. The van der Waals surface area contributed by atoms with Gasteiger partial charge in [-0.25, -0.2) is 0 Å². The van der Waals surface area contributed by atoms with Gasteiger partial charge in [0, 0.05) is 16.9 Å². The Labute approximate surface area is 116 Å². The van der Waals surface area contributed by atoms with Crippen molar-refractivity contribution < 1.29 is 0 Å². The van der Waals surface area contributed by atoms with Crippen LogP contribution in [0.4, 0.5) is 5.69 Å². The van der Waals surface area contributed by atoms with Crippen LogP contribution in [0.1, 0.15) is 27.8 Å². The molecule has 98 valence electrons. The van der Waals surface area contributed by atoms with E-state index in [-0.39, 0.29) is 0 Å². The van der Waals surface area contributed by atoms with Gasteiger partial charge < -0.3 is 5.32 Å². The van der Waals surface area contributed by atoms with Gasteiger partial charge in [-0.1, -0.05) is 30.8 Å². The first-order chi connectivity index (χ1) is 8.99. The molecule has 0 atom stereocenters. The summed E-state index contributed by atoms with van der Waals surface area (Å²) in [5.41, 5.74) is 8.36. The van der Waals surface area contributed by atoms with Crippen molar-refractivity contribution in [1.29, 1.82) is 0 Å². The van der Waals surface area contributed by atoms with Gasteiger partial charge in [0.25, 0.3) is 0 Å². The van der Waals surface area contributed by atoms with Crippen LogP contribution in [0, 0.1) is 27.7 Å². The van der Waals surface area contributed by atoms with Crippen LogP contribution in [-0.4, -0.2) is 0 Å². The number of benzene rings is 2. The minimum absolute atomic E-state index is 0.957. The van der Waals surface area contributed by atoms with E-state index in [2.05, 4.69) is 76.0 Å². The first kappa shape index (κ1) is 13.4. The van der Waals surface area contributed by atoms with Crippen molar-refractivity contribution in [2.45, 2.75) is 27.7 Å². The largest absolute Gasteiger partial charge is 0.355 e. The van der Waals surface area contributed by atoms with Gasteiger partial charge in [-0.2, -0.15) is 0 Å². The Morgan fingerprint density at radius 2 is 1.47 bits per heavy atom. The Morgan fingerprint density at radius 3 is 2.05 bits per heavy atom. The van der Waals surface area contributed by atoms with Gasteiger partial charge in [-0.05, 0) is 62.1 Å². The summed E-state index contributed by atoms with van der Waals surface area (Å²) < 4.78 is 0. The van der Waals surface area contributed by atoms with Gasteiger partial charge in [0.1, 0.15) is 0 Å². The normalized spacial score (nSPS) is 10.3. The Hall–Kier alpha value is -2.02. The monoisotopic (exact) mass is 251 g/mol. The van der Waals surface area contributed by atoms with Crippen molar-refractivity contribution in [2.24, 2.45) is 0 Å². The highest BCUT2D eigenvalue weighted by molar-refractivity contribution is 5.78. The molecule has 0 bridgehead atoms. The van der Waals surface area contributed by atoms with Crippen LogP contribution in [0.15, 0.2) is 43.0 Å². The summed E-state index contributed by atoms with van der Waals surface area (Å²) >= 11 is 0. The van der Waals surface area contributed by atoms with E-state index in [0.29, 0.717) is 0 Å². The van der Waals surface area contributed by atoms with E-state index in [0.717, 1.165) is 11.4 Å². The molecule has 0 saturated carbocycles. The summed E-state index contributed by atoms with van der Waals surface area (Å²) in [4.78, 5) is 0. The highest BCUT2D eigenvalue weighted by atomic mass is 14.9. The third kappa shape index (κ3) is 2.87. The molecule has 0 aliphatic carbocycles. The Balaban J connectivity index is 2.28. The van der Waals surface area contributed by atoms with Crippen molar-refractivity contribution in [1.82, 2.24) is 0 Å². The lowest BCUT2D eigenvalue weighted by Crippen LogP contribution is -2.02. The standard InChI is InChI=1S/C18H21N/c1-12-9-10-17(11-15(12)4)19-16(5)18-13(2)7-6-8-14(18)3/h6-11,19H,5H2,1-4H3. The van der Waals surface area contributed by atoms with Gasteiger partial charge in [0.15, 0.2) is 0 Å². The topological polar surface area (TPSA) is 12.0 Å². The Bertz CT molecular complexity index is 603. The summed E-state index contributed by atoms with van der Waals surface area (Å²) in [5.74, 6) is 0. The molecule has 2 aromatic carbocycles. The number of rotatable bonds is 3.